The van der Waals surface area contributed by atoms with Crippen LogP contribution in [0, 0.1) is 23.7 Å². The number of unbranched alkanes of at least 4 members (excludes halogenated alkanes) is 2. The molecule has 16 unspecified atom stereocenters. The zero-order valence-corrected chi connectivity index (χ0v) is 42.0. The van der Waals surface area contributed by atoms with Gasteiger partial charge >= 0.3 is 5.97 Å². The van der Waals surface area contributed by atoms with E-state index in [1.54, 1.807) is 6.92 Å². The molecule has 1 rings (SSSR count). The standard InChI is InChI=1S/C51H97N3O13/c1-7-8-9-20-43-48(65)33(3)23-24-38(56)18-12-17-37(55)19-13-21-44(61)34(4)27-46(63)47(64)31-42(60)30-41(59)29-40(58)28-39(57)16-11-10-15-32(2)26-35(5)49(67-50(43)66)36(6)45(62)22-14-25-54-51(52)53/h26-27,33,35-49,55-65H,7-25,28-31H2,1-6H3,(H4,52,53,54). The topological polar surface area (TPSA) is 313 Å². The van der Waals surface area contributed by atoms with Crippen molar-refractivity contribution in [3.8, 4) is 0 Å². The van der Waals surface area contributed by atoms with E-state index in [4.69, 9.17) is 16.2 Å². The van der Waals surface area contributed by atoms with Crippen molar-refractivity contribution in [1.82, 2.24) is 0 Å². The van der Waals surface area contributed by atoms with Crippen LogP contribution in [0.5, 0.6) is 0 Å². The molecule has 0 bridgehead atoms. The predicted octanol–water partition coefficient (Wildman–Crippen LogP) is 4.17. The summed E-state index contributed by atoms with van der Waals surface area (Å²) in [5.41, 5.74) is 12.4. The number of nitrogens with two attached hydrogens (primary N) is 2. The quantitative estimate of drug-likeness (QED) is 0.0481. The first-order valence-electron chi connectivity index (χ1n) is 25.7. The summed E-state index contributed by atoms with van der Waals surface area (Å²) in [5, 5.41) is 119. The molecule has 1 aliphatic rings. The van der Waals surface area contributed by atoms with Gasteiger partial charge in [-0.3, -0.25) is 9.79 Å². The number of aliphatic imine (C=N–C) groups is 1. The molecule has 16 atom stereocenters. The molecule has 0 aromatic rings. The van der Waals surface area contributed by atoms with E-state index >= 15 is 0 Å². The number of guanidine groups is 1. The van der Waals surface area contributed by atoms with Crippen molar-refractivity contribution in [2.24, 2.45) is 40.1 Å². The highest BCUT2D eigenvalue weighted by Gasteiger charge is 2.37. The summed E-state index contributed by atoms with van der Waals surface area (Å²) in [6.45, 7) is 11.7. The number of cyclic esters (lactones) is 1. The molecule has 0 saturated carbocycles. The van der Waals surface area contributed by atoms with Gasteiger partial charge in [-0.1, -0.05) is 71.1 Å². The summed E-state index contributed by atoms with van der Waals surface area (Å²) < 4.78 is 6.35. The van der Waals surface area contributed by atoms with Crippen LogP contribution in [0.1, 0.15) is 183 Å². The summed E-state index contributed by atoms with van der Waals surface area (Å²) in [7, 11) is 0. The fourth-order valence-electron chi connectivity index (χ4n) is 9.29. The van der Waals surface area contributed by atoms with E-state index in [0.717, 1.165) is 31.3 Å². The van der Waals surface area contributed by atoms with Gasteiger partial charge in [0.1, 0.15) is 6.10 Å². The minimum absolute atomic E-state index is 0.0276. The monoisotopic (exact) mass is 960 g/mol. The summed E-state index contributed by atoms with van der Waals surface area (Å²) in [6, 6.07) is 0. The molecule has 0 radical (unpaired) electrons. The number of carbonyl (C=O) groups excluding carboxylic acids is 1. The third kappa shape index (κ3) is 27.7. The van der Waals surface area contributed by atoms with Crippen molar-refractivity contribution >= 4 is 11.9 Å². The van der Waals surface area contributed by atoms with E-state index in [-0.39, 0.29) is 43.5 Å². The zero-order chi connectivity index (χ0) is 50.6. The predicted molar refractivity (Wildman–Crippen MR) is 262 cm³/mol. The van der Waals surface area contributed by atoms with Gasteiger partial charge in [0.05, 0.1) is 73.1 Å². The number of hydrogen-bond donors (Lipinski definition) is 13. The Morgan fingerprint density at radius 3 is 1.90 bits per heavy atom. The molecule has 394 valence electrons. The van der Waals surface area contributed by atoms with Gasteiger partial charge in [-0.05, 0) is 134 Å². The lowest BCUT2D eigenvalue weighted by molar-refractivity contribution is -0.167. The SMILES string of the molecule is CCCCCC1C(=O)OC(C(C)C(O)CCCN=C(N)N)C(C)C=C(C)CCCCC(O)CC(O)CC(O)CC(O)CC(O)C(O)C=C(C)C(O)CCCC(O)CCCC(O)CCC(C)C1O. The first-order chi connectivity index (χ1) is 31.5. The van der Waals surface area contributed by atoms with Gasteiger partial charge in [0, 0.05) is 24.8 Å². The average molecular weight is 960 g/mol. The second kappa shape index (κ2) is 35.0. The molecular weight excluding hydrogens is 863 g/mol. The maximum atomic E-state index is 14.2. The van der Waals surface area contributed by atoms with Crippen molar-refractivity contribution < 1.29 is 65.7 Å². The molecule has 0 aromatic heterocycles. The number of hydrogen-bond acceptors (Lipinski definition) is 14. The van der Waals surface area contributed by atoms with E-state index in [1.165, 1.54) is 6.08 Å². The lowest BCUT2D eigenvalue weighted by Crippen LogP contribution is -2.42. The number of aliphatic hydroxyl groups excluding tert-OH is 11. The Hall–Kier alpha value is -2.22. The fraction of sp³-hybridized carbons (Fsp3) is 0.882. The Kier molecular flexibility index (Phi) is 32.8. The molecule has 15 N–H and O–H groups in total. The van der Waals surface area contributed by atoms with Gasteiger partial charge in [0.25, 0.3) is 0 Å². The number of ether oxygens (including phenoxy) is 1. The van der Waals surface area contributed by atoms with Crippen LogP contribution >= 0.6 is 0 Å². The molecule has 16 heteroatoms. The minimum atomic E-state index is -1.38. The summed E-state index contributed by atoms with van der Waals surface area (Å²) >= 11 is 0. The third-order valence-corrected chi connectivity index (χ3v) is 13.7. The summed E-state index contributed by atoms with van der Waals surface area (Å²) in [4.78, 5) is 18.3. The zero-order valence-electron chi connectivity index (χ0n) is 42.0. The van der Waals surface area contributed by atoms with E-state index < -0.39 is 91.1 Å². The fourth-order valence-corrected chi connectivity index (χ4v) is 9.29. The maximum Gasteiger partial charge on any atom is 0.311 e. The largest absolute Gasteiger partial charge is 0.461 e. The Balaban J connectivity index is 3.31. The van der Waals surface area contributed by atoms with Crippen LogP contribution < -0.4 is 11.5 Å². The van der Waals surface area contributed by atoms with Crippen LogP contribution in [0.4, 0.5) is 0 Å². The van der Waals surface area contributed by atoms with Crippen LogP contribution in [0.15, 0.2) is 28.3 Å². The molecule has 16 nitrogen and oxygen atoms in total. The molecular formula is C51H97N3O13. The Morgan fingerprint density at radius 1 is 0.716 bits per heavy atom. The summed E-state index contributed by atoms with van der Waals surface area (Å²) in [5.74, 6) is -2.50. The van der Waals surface area contributed by atoms with E-state index in [9.17, 15) is 61.0 Å². The number of rotatable bonds is 10. The maximum absolute atomic E-state index is 14.2. The molecule has 1 aliphatic heterocycles. The van der Waals surface area contributed by atoms with Gasteiger partial charge < -0.3 is 72.4 Å². The highest BCUT2D eigenvalue weighted by Crippen LogP contribution is 2.31. The molecule has 1 heterocycles. The Bertz CT molecular complexity index is 1400. The molecule has 0 fully saturated rings. The average Bonchev–Trinajstić information content (AvgIpc) is 3.24. The van der Waals surface area contributed by atoms with Crippen LogP contribution in [-0.4, -0.2) is 148 Å². The number of nitrogens with zero attached hydrogens (tertiary/aromatic N) is 1. The van der Waals surface area contributed by atoms with Gasteiger partial charge in [-0.25, -0.2) is 0 Å². The van der Waals surface area contributed by atoms with Crippen molar-refractivity contribution in [3.63, 3.8) is 0 Å². The minimum Gasteiger partial charge on any atom is -0.461 e. The number of aliphatic hydroxyl groups is 11. The second-order valence-corrected chi connectivity index (χ2v) is 20.3. The number of allylic oxidation sites excluding steroid dienone is 1. The van der Waals surface area contributed by atoms with E-state index in [2.05, 4.69) is 11.9 Å². The lowest BCUT2D eigenvalue weighted by Gasteiger charge is -2.34. The molecule has 0 saturated heterocycles. The van der Waals surface area contributed by atoms with E-state index in [0.29, 0.717) is 102 Å². The third-order valence-electron chi connectivity index (χ3n) is 13.7. The van der Waals surface area contributed by atoms with Crippen molar-refractivity contribution in [3.05, 3.63) is 23.3 Å². The number of esters is 1. The van der Waals surface area contributed by atoms with Gasteiger partial charge in [-0.15, -0.1) is 0 Å². The second-order valence-electron chi connectivity index (χ2n) is 20.3. The summed E-state index contributed by atoms with van der Waals surface area (Å²) in [6.07, 6.45) is 0.977. The normalized spacial score (nSPS) is 34.7. The highest BCUT2D eigenvalue weighted by molar-refractivity contribution is 5.75. The number of carbonyl (C=O) groups is 1. The smallest absolute Gasteiger partial charge is 0.311 e. The molecule has 67 heavy (non-hydrogen) atoms. The van der Waals surface area contributed by atoms with Gasteiger partial charge in [0.2, 0.25) is 0 Å². The van der Waals surface area contributed by atoms with Crippen LogP contribution in [0.25, 0.3) is 0 Å². The highest BCUT2D eigenvalue weighted by atomic mass is 16.5. The van der Waals surface area contributed by atoms with Crippen LogP contribution in [0.2, 0.25) is 0 Å². The Morgan fingerprint density at radius 2 is 1.28 bits per heavy atom. The first-order valence-corrected chi connectivity index (χ1v) is 25.7. The molecule has 0 aliphatic carbocycles. The van der Waals surface area contributed by atoms with Crippen LogP contribution in [-0.2, 0) is 9.53 Å². The molecule has 0 spiro atoms. The van der Waals surface area contributed by atoms with Crippen molar-refractivity contribution in [1.29, 1.82) is 0 Å². The van der Waals surface area contributed by atoms with Gasteiger partial charge in [0.15, 0.2) is 5.96 Å². The Labute approximate surface area is 402 Å². The first kappa shape index (κ1) is 62.8. The van der Waals surface area contributed by atoms with Crippen molar-refractivity contribution in [2.45, 2.75) is 256 Å². The van der Waals surface area contributed by atoms with E-state index in [1.807, 2.05) is 33.8 Å². The lowest BCUT2D eigenvalue weighted by atomic mass is 9.83. The van der Waals surface area contributed by atoms with Crippen molar-refractivity contribution in [2.75, 3.05) is 6.54 Å². The van der Waals surface area contributed by atoms with Crippen LogP contribution in [0.3, 0.4) is 0 Å². The van der Waals surface area contributed by atoms with Gasteiger partial charge in [-0.2, -0.15) is 0 Å². The molecule has 0 aromatic carbocycles. The molecule has 0 amide bonds.